The van der Waals surface area contributed by atoms with Crippen molar-refractivity contribution in [3.63, 3.8) is 0 Å². The highest BCUT2D eigenvalue weighted by Gasteiger charge is 2.19. The van der Waals surface area contributed by atoms with Gasteiger partial charge in [-0.1, -0.05) is 20.8 Å². The van der Waals surface area contributed by atoms with Crippen molar-refractivity contribution in [3.05, 3.63) is 23.5 Å². The van der Waals surface area contributed by atoms with E-state index in [1.54, 1.807) is 6.20 Å². The van der Waals surface area contributed by atoms with Crippen molar-refractivity contribution >= 4 is 16.9 Å². The SMILES string of the molecule is CC1CCN(CCCNC(=O)c2cc(C(C)C)nc3c2cnn3C(C)C)CC1. The molecule has 1 aliphatic heterocycles. The fraction of sp³-hybridized carbons (Fsp3) is 0.682. The summed E-state index contributed by atoms with van der Waals surface area (Å²) in [6.45, 7) is 14.8. The molecule has 0 atom stereocenters. The highest BCUT2D eigenvalue weighted by atomic mass is 16.1. The van der Waals surface area contributed by atoms with Gasteiger partial charge in [0.25, 0.3) is 5.91 Å². The molecule has 6 nitrogen and oxygen atoms in total. The lowest BCUT2D eigenvalue weighted by atomic mass is 9.99. The standard InChI is InChI=1S/C22H35N5O/c1-15(2)20-13-18(19-14-24-27(16(3)4)21(19)25-20)22(28)23-9-6-10-26-11-7-17(5)8-12-26/h13-17H,6-12H2,1-5H3,(H,23,28). The summed E-state index contributed by atoms with van der Waals surface area (Å²) in [4.78, 5) is 20.2. The van der Waals surface area contributed by atoms with Crippen LogP contribution >= 0.6 is 0 Å². The molecule has 3 heterocycles. The van der Waals surface area contributed by atoms with Crippen molar-refractivity contribution in [1.82, 2.24) is 25.0 Å². The average Bonchev–Trinajstić information content (AvgIpc) is 3.10. The number of fused-ring (bicyclic) bond motifs is 1. The quantitative estimate of drug-likeness (QED) is 0.732. The molecule has 2 aromatic rings. The number of rotatable bonds is 7. The Balaban J connectivity index is 1.67. The van der Waals surface area contributed by atoms with E-state index in [-0.39, 0.29) is 17.9 Å². The Morgan fingerprint density at radius 2 is 1.96 bits per heavy atom. The first kappa shape index (κ1) is 20.8. The zero-order chi connectivity index (χ0) is 20.3. The fourth-order valence-corrected chi connectivity index (χ4v) is 3.78. The molecule has 3 rings (SSSR count). The summed E-state index contributed by atoms with van der Waals surface area (Å²) in [7, 11) is 0. The van der Waals surface area contributed by atoms with Gasteiger partial charge in [-0.15, -0.1) is 0 Å². The molecule has 28 heavy (non-hydrogen) atoms. The molecule has 2 aromatic heterocycles. The Kier molecular flexibility index (Phi) is 6.70. The first-order valence-electron chi connectivity index (χ1n) is 10.8. The van der Waals surface area contributed by atoms with Crippen LogP contribution in [0.1, 0.15) is 81.9 Å². The molecule has 6 heteroatoms. The van der Waals surface area contributed by atoms with Gasteiger partial charge < -0.3 is 10.2 Å². The van der Waals surface area contributed by atoms with Crippen LogP contribution in [0.2, 0.25) is 0 Å². The number of amides is 1. The van der Waals surface area contributed by atoms with E-state index in [4.69, 9.17) is 4.98 Å². The zero-order valence-electron chi connectivity index (χ0n) is 18.0. The van der Waals surface area contributed by atoms with Gasteiger partial charge >= 0.3 is 0 Å². The second kappa shape index (κ2) is 9.03. The predicted molar refractivity (Wildman–Crippen MR) is 114 cm³/mol. The maximum atomic E-state index is 12.9. The van der Waals surface area contributed by atoms with Crippen LogP contribution in [0.5, 0.6) is 0 Å². The number of aromatic nitrogens is 3. The number of piperidine rings is 1. The minimum Gasteiger partial charge on any atom is -0.352 e. The maximum absolute atomic E-state index is 12.9. The van der Waals surface area contributed by atoms with Gasteiger partial charge in [-0.3, -0.25) is 4.79 Å². The monoisotopic (exact) mass is 385 g/mol. The Hall–Kier alpha value is -1.95. The molecule has 1 aliphatic rings. The second-order valence-electron chi connectivity index (χ2n) is 8.80. The molecular weight excluding hydrogens is 350 g/mol. The number of carbonyl (C=O) groups excluding carboxylic acids is 1. The first-order chi connectivity index (χ1) is 13.4. The first-order valence-corrected chi connectivity index (χ1v) is 10.8. The van der Waals surface area contributed by atoms with Gasteiger partial charge in [0, 0.05) is 18.3 Å². The molecule has 0 unspecified atom stereocenters. The van der Waals surface area contributed by atoms with E-state index >= 15 is 0 Å². The Morgan fingerprint density at radius 1 is 1.25 bits per heavy atom. The largest absolute Gasteiger partial charge is 0.352 e. The Bertz CT molecular complexity index is 803. The molecular formula is C22H35N5O. The zero-order valence-corrected chi connectivity index (χ0v) is 18.0. The third-order valence-corrected chi connectivity index (χ3v) is 5.72. The molecule has 1 N–H and O–H groups in total. The minimum atomic E-state index is -0.0233. The predicted octanol–water partition coefficient (Wildman–Crippen LogP) is 3.99. The van der Waals surface area contributed by atoms with Crippen LogP contribution in [0.4, 0.5) is 0 Å². The van der Waals surface area contributed by atoms with Gasteiger partial charge in [0.2, 0.25) is 0 Å². The third-order valence-electron chi connectivity index (χ3n) is 5.72. The number of nitrogens with one attached hydrogen (secondary N) is 1. The van der Waals surface area contributed by atoms with E-state index in [9.17, 15) is 4.79 Å². The smallest absolute Gasteiger partial charge is 0.252 e. The van der Waals surface area contributed by atoms with Crippen molar-refractivity contribution in [2.75, 3.05) is 26.2 Å². The van der Waals surface area contributed by atoms with Gasteiger partial charge in [0.1, 0.15) is 0 Å². The van der Waals surface area contributed by atoms with Gasteiger partial charge in [0.15, 0.2) is 5.65 Å². The number of likely N-dealkylation sites (tertiary alicyclic amines) is 1. The van der Waals surface area contributed by atoms with Crippen LogP contribution in [-0.4, -0.2) is 51.8 Å². The highest BCUT2D eigenvalue weighted by molar-refractivity contribution is 6.05. The van der Waals surface area contributed by atoms with Crippen LogP contribution < -0.4 is 5.32 Å². The number of nitrogens with zero attached hydrogens (tertiary/aromatic N) is 4. The van der Waals surface area contributed by atoms with Crippen molar-refractivity contribution in [3.8, 4) is 0 Å². The Labute approximate surface area is 168 Å². The molecule has 0 radical (unpaired) electrons. The van der Waals surface area contributed by atoms with E-state index in [2.05, 4.69) is 49.9 Å². The lowest BCUT2D eigenvalue weighted by molar-refractivity contribution is 0.0952. The number of hydrogen-bond acceptors (Lipinski definition) is 4. The lowest BCUT2D eigenvalue weighted by Crippen LogP contribution is -2.35. The van der Waals surface area contributed by atoms with Crippen molar-refractivity contribution < 1.29 is 4.79 Å². The van der Waals surface area contributed by atoms with E-state index in [1.807, 2.05) is 10.7 Å². The summed E-state index contributed by atoms with van der Waals surface area (Å²) in [6, 6.07) is 2.14. The summed E-state index contributed by atoms with van der Waals surface area (Å²) >= 11 is 0. The molecule has 0 spiro atoms. The molecule has 154 valence electrons. The van der Waals surface area contributed by atoms with Gasteiger partial charge in [-0.25, -0.2) is 9.67 Å². The summed E-state index contributed by atoms with van der Waals surface area (Å²) in [5.41, 5.74) is 2.42. The molecule has 1 saturated heterocycles. The van der Waals surface area contributed by atoms with Crippen molar-refractivity contribution in [2.45, 2.75) is 65.8 Å². The second-order valence-corrected chi connectivity index (χ2v) is 8.80. The van der Waals surface area contributed by atoms with E-state index < -0.39 is 0 Å². The Morgan fingerprint density at radius 3 is 2.61 bits per heavy atom. The van der Waals surface area contributed by atoms with E-state index in [0.29, 0.717) is 12.1 Å². The molecule has 0 bridgehead atoms. The van der Waals surface area contributed by atoms with Gasteiger partial charge in [-0.2, -0.15) is 5.10 Å². The topological polar surface area (TPSA) is 63.1 Å². The van der Waals surface area contributed by atoms with Crippen LogP contribution in [0, 0.1) is 5.92 Å². The number of carbonyl (C=O) groups is 1. The molecule has 0 saturated carbocycles. The summed E-state index contributed by atoms with van der Waals surface area (Å²) in [5, 5.41) is 8.42. The summed E-state index contributed by atoms with van der Waals surface area (Å²) in [5.74, 6) is 1.09. The normalized spacial score (nSPS) is 16.4. The number of hydrogen-bond donors (Lipinski definition) is 1. The van der Waals surface area contributed by atoms with Crippen LogP contribution in [0.15, 0.2) is 12.3 Å². The molecule has 1 fully saturated rings. The minimum absolute atomic E-state index is 0.0233. The molecule has 0 aromatic carbocycles. The van der Waals surface area contributed by atoms with Gasteiger partial charge in [0.05, 0.1) is 17.1 Å². The van der Waals surface area contributed by atoms with Gasteiger partial charge in [-0.05, 0) is 70.6 Å². The number of pyridine rings is 1. The van der Waals surface area contributed by atoms with E-state index in [1.165, 1.54) is 25.9 Å². The maximum Gasteiger partial charge on any atom is 0.252 e. The summed E-state index contributed by atoms with van der Waals surface area (Å²) in [6.07, 6.45) is 5.34. The highest BCUT2D eigenvalue weighted by Crippen LogP contribution is 2.24. The summed E-state index contributed by atoms with van der Waals surface area (Å²) < 4.78 is 1.90. The van der Waals surface area contributed by atoms with Crippen LogP contribution in [0.3, 0.4) is 0 Å². The molecule has 0 aliphatic carbocycles. The van der Waals surface area contributed by atoms with Crippen molar-refractivity contribution in [2.24, 2.45) is 5.92 Å². The van der Waals surface area contributed by atoms with E-state index in [0.717, 1.165) is 35.6 Å². The van der Waals surface area contributed by atoms with Crippen LogP contribution in [-0.2, 0) is 0 Å². The van der Waals surface area contributed by atoms with Crippen molar-refractivity contribution in [1.29, 1.82) is 0 Å². The third kappa shape index (κ3) is 4.72. The molecule has 1 amide bonds. The average molecular weight is 386 g/mol. The lowest BCUT2D eigenvalue weighted by Gasteiger charge is -2.30. The van der Waals surface area contributed by atoms with Crippen LogP contribution in [0.25, 0.3) is 11.0 Å². The fourth-order valence-electron chi connectivity index (χ4n) is 3.78.